The van der Waals surface area contributed by atoms with Crippen LogP contribution in [0.1, 0.15) is 5.56 Å². The topological polar surface area (TPSA) is 92.5 Å². The highest BCUT2D eigenvalue weighted by Gasteiger charge is 2.13. The van der Waals surface area contributed by atoms with Crippen molar-refractivity contribution in [2.24, 2.45) is 5.10 Å². The number of nitrogens with zero attached hydrogens (tertiary/aromatic N) is 4. The van der Waals surface area contributed by atoms with Crippen LogP contribution in [0, 0.1) is 0 Å². The van der Waals surface area contributed by atoms with E-state index >= 15 is 0 Å². The normalized spacial score (nSPS) is 10.9. The van der Waals surface area contributed by atoms with Crippen LogP contribution in [0.25, 0.3) is 22.5 Å². The SMILES string of the molecule is COc1cc(Br)cc(/C=N\Nc2nnc(-c3ccccc3)c(-c3ccccc3)n2)c1O. The molecule has 2 N–H and O–H groups in total. The molecule has 0 fully saturated rings. The molecule has 0 amide bonds. The Morgan fingerprint density at radius 3 is 2.23 bits per heavy atom. The average Bonchev–Trinajstić information content (AvgIpc) is 2.82. The Balaban J connectivity index is 1.66. The number of aromatic nitrogens is 3. The second-order valence-corrected chi connectivity index (χ2v) is 7.40. The fraction of sp³-hybridized carbons (Fsp3) is 0.0435. The van der Waals surface area contributed by atoms with Crippen LogP contribution in [0.2, 0.25) is 0 Å². The zero-order chi connectivity index (χ0) is 21.6. The number of halogens is 1. The minimum absolute atomic E-state index is 0.0142. The van der Waals surface area contributed by atoms with Gasteiger partial charge in [-0.2, -0.15) is 5.10 Å². The van der Waals surface area contributed by atoms with Gasteiger partial charge < -0.3 is 9.84 Å². The van der Waals surface area contributed by atoms with Crippen molar-refractivity contribution in [3.8, 4) is 34.0 Å². The van der Waals surface area contributed by atoms with E-state index in [2.05, 4.69) is 41.6 Å². The van der Waals surface area contributed by atoms with Gasteiger partial charge in [0.15, 0.2) is 11.5 Å². The Morgan fingerprint density at radius 1 is 0.935 bits per heavy atom. The first-order valence-electron chi connectivity index (χ1n) is 9.37. The van der Waals surface area contributed by atoms with Gasteiger partial charge in [0, 0.05) is 21.2 Å². The summed E-state index contributed by atoms with van der Waals surface area (Å²) in [6.07, 6.45) is 1.46. The highest BCUT2D eigenvalue weighted by atomic mass is 79.9. The molecule has 0 saturated heterocycles. The molecular weight excluding hydrogens is 458 g/mol. The van der Waals surface area contributed by atoms with Crippen LogP contribution in [0.4, 0.5) is 5.95 Å². The summed E-state index contributed by atoms with van der Waals surface area (Å²) in [4.78, 5) is 4.63. The van der Waals surface area contributed by atoms with Crippen LogP contribution in [-0.2, 0) is 0 Å². The Labute approximate surface area is 187 Å². The number of nitrogens with one attached hydrogen (secondary N) is 1. The van der Waals surface area contributed by atoms with Crippen molar-refractivity contribution in [1.29, 1.82) is 0 Å². The number of phenols is 1. The van der Waals surface area contributed by atoms with Gasteiger partial charge in [0.25, 0.3) is 5.95 Å². The van der Waals surface area contributed by atoms with E-state index in [-0.39, 0.29) is 11.7 Å². The van der Waals surface area contributed by atoms with E-state index < -0.39 is 0 Å². The number of methoxy groups -OCH3 is 1. The average molecular weight is 476 g/mol. The predicted molar refractivity (Wildman–Crippen MR) is 124 cm³/mol. The molecule has 31 heavy (non-hydrogen) atoms. The first kappa shape index (κ1) is 20.5. The van der Waals surface area contributed by atoms with Crippen molar-refractivity contribution in [3.63, 3.8) is 0 Å². The summed E-state index contributed by atoms with van der Waals surface area (Å²) in [5, 5.41) is 23.0. The standard InChI is InChI=1S/C23H18BrN5O2/c1-31-19-13-18(24)12-17(22(19)30)14-25-28-23-26-20(15-8-4-2-5-9-15)21(27-29-23)16-10-6-3-7-11-16/h2-14,30H,1H3,(H,26,28,29)/b25-14-. The molecule has 0 radical (unpaired) electrons. The van der Waals surface area contributed by atoms with Crippen molar-refractivity contribution >= 4 is 28.1 Å². The fourth-order valence-electron chi connectivity index (χ4n) is 2.97. The van der Waals surface area contributed by atoms with Gasteiger partial charge in [-0.1, -0.05) is 76.6 Å². The lowest BCUT2D eigenvalue weighted by Gasteiger charge is -2.09. The molecule has 1 heterocycles. The molecule has 4 rings (SSSR count). The third-order valence-electron chi connectivity index (χ3n) is 4.44. The van der Waals surface area contributed by atoms with Crippen molar-refractivity contribution in [3.05, 3.63) is 82.8 Å². The fourth-order valence-corrected chi connectivity index (χ4v) is 3.42. The Morgan fingerprint density at radius 2 is 1.58 bits per heavy atom. The number of phenolic OH excluding ortho intramolecular Hbond substituents is 1. The van der Waals surface area contributed by atoms with Crippen LogP contribution >= 0.6 is 15.9 Å². The van der Waals surface area contributed by atoms with E-state index in [0.29, 0.717) is 22.7 Å². The number of ether oxygens (including phenoxy) is 1. The maximum atomic E-state index is 10.3. The second kappa shape index (κ2) is 9.36. The van der Waals surface area contributed by atoms with E-state index in [1.165, 1.54) is 13.3 Å². The molecule has 0 atom stereocenters. The summed E-state index contributed by atoms with van der Waals surface area (Å²) in [7, 11) is 1.49. The molecule has 8 heteroatoms. The summed E-state index contributed by atoms with van der Waals surface area (Å²) < 4.78 is 5.90. The predicted octanol–water partition coefficient (Wildman–Crippen LogP) is 5.13. The summed E-state index contributed by atoms with van der Waals surface area (Å²) in [6.45, 7) is 0. The van der Waals surface area contributed by atoms with Crippen molar-refractivity contribution in [2.75, 3.05) is 12.5 Å². The van der Waals surface area contributed by atoms with E-state index in [9.17, 15) is 5.11 Å². The van der Waals surface area contributed by atoms with Gasteiger partial charge in [0.05, 0.1) is 13.3 Å². The van der Waals surface area contributed by atoms with Crippen molar-refractivity contribution in [2.45, 2.75) is 0 Å². The molecule has 0 aliphatic carbocycles. The minimum Gasteiger partial charge on any atom is -0.504 e. The number of hydrazone groups is 1. The van der Waals surface area contributed by atoms with E-state index in [4.69, 9.17) is 4.74 Å². The molecule has 0 aliphatic heterocycles. The minimum atomic E-state index is -0.0142. The number of aromatic hydroxyl groups is 1. The van der Waals surface area contributed by atoms with Gasteiger partial charge in [-0.25, -0.2) is 10.4 Å². The van der Waals surface area contributed by atoms with E-state index in [1.54, 1.807) is 12.1 Å². The molecule has 0 unspecified atom stereocenters. The van der Waals surface area contributed by atoms with Crippen molar-refractivity contribution in [1.82, 2.24) is 15.2 Å². The molecule has 0 bridgehead atoms. The van der Waals surface area contributed by atoms with Gasteiger partial charge in [-0.3, -0.25) is 0 Å². The van der Waals surface area contributed by atoms with Gasteiger partial charge in [0.2, 0.25) is 0 Å². The molecule has 1 aromatic heterocycles. The first-order valence-corrected chi connectivity index (χ1v) is 10.2. The number of hydrogen-bond acceptors (Lipinski definition) is 7. The number of hydrogen-bond donors (Lipinski definition) is 2. The van der Waals surface area contributed by atoms with Crippen LogP contribution < -0.4 is 10.2 Å². The highest BCUT2D eigenvalue weighted by Crippen LogP contribution is 2.32. The lowest BCUT2D eigenvalue weighted by molar-refractivity contribution is 0.373. The number of benzene rings is 3. The highest BCUT2D eigenvalue weighted by molar-refractivity contribution is 9.10. The molecule has 3 aromatic carbocycles. The molecule has 154 valence electrons. The molecular formula is C23H18BrN5O2. The van der Waals surface area contributed by atoms with Gasteiger partial charge in [-0.15, -0.1) is 10.2 Å². The zero-order valence-corrected chi connectivity index (χ0v) is 18.1. The monoisotopic (exact) mass is 475 g/mol. The van der Waals surface area contributed by atoms with Crippen LogP contribution in [0.5, 0.6) is 11.5 Å². The Bertz CT molecular complexity index is 1220. The van der Waals surface area contributed by atoms with E-state index in [1.807, 2.05) is 60.7 Å². The largest absolute Gasteiger partial charge is 0.504 e. The van der Waals surface area contributed by atoms with Gasteiger partial charge >= 0.3 is 0 Å². The van der Waals surface area contributed by atoms with Crippen LogP contribution in [0.15, 0.2) is 82.4 Å². The van der Waals surface area contributed by atoms with Crippen LogP contribution in [0.3, 0.4) is 0 Å². The van der Waals surface area contributed by atoms with Gasteiger partial charge in [-0.05, 0) is 12.1 Å². The number of rotatable bonds is 6. The summed E-state index contributed by atoms with van der Waals surface area (Å²) in [5.41, 5.74) is 6.45. The second-order valence-electron chi connectivity index (χ2n) is 6.48. The summed E-state index contributed by atoms with van der Waals surface area (Å²) >= 11 is 3.38. The third-order valence-corrected chi connectivity index (χ3v) is 4.90. The molecule has 7 nitrogen and oxygen atoms in total. The number of anilines is 1. The molecule has 0 aliphatic rings. The summed E-state index contributed by atoms with van der Waals surface area (Å²) in [5.74, 6) is 0.559. The maximum Gasteiger partial charge on any atom is 0.263 e. The van der Waals surface area contributed by atoms with E-state index in [0.717, 1.165) is 15.6 Å². The first-order chi connectivity index (χ1) is 15.2. The zero-order valence-electron chi connectivity index (χ0n) is 16.5. The van der Waals surface area contributed by atoms with Crippen molar-refractivity contribution < 1.29 is 9.84 Å². The lowest BCUT2D eigenvalue weighted by atomic mass is 10.0. The third kappa shape index (κ3) is 4.70. The molecule has 4 aromatic rings. The van der Waals surface area contributed by atoms with Gasteiger partial charge in [0.1, 0.15) is 11.4 Å². The quantitative estimate of drug-likeness (QED) is 0.296. The molecule has 0 saturated carbocycles. The smallest absolute Gasteiger partial charge is 0.263 e. The molecule has 0 spiro atoms. The summed E-state index contributed by atoms with van der Waals surface area (Å²) in [6, 6.07) is 22.9. The van der Waals surface area contributed by atoms with Crippen LogP contribution in [-0.4, -0.2) is 33.6 Å². The Hall–Kier alpha value is -3.78. The maximum absolute atomic E-state index is 10.3. The lowest BCUT2D eigenvalue weighted by Crippen LogP contribution is -2.03. The Kier molecular flexibility index (Phi) is 6.18.